The lowest BCUT2D eigenvalue weighted by Gasteiger charge is -2.61. The lowest BCUT2D eigenvalue weighted by atomic mass is 9.44. The number of fused-ring (bicyclic) bond motifs is 5. The minimum absolute atomic E-state index is 0.173. The van der Waals surface area contributed by atoms with Crippen LogP contribution in [0.15, 0.2) is 0 Å². The van der Waals surface area contributed by atoms with Crippen LogP contribution in [0.3, 0.4) is 0 Å². The minimum Gasteiger partial charge on any atom is -0.299 e. The van der Waals surface area contributed by atoms with E-state index < -0.39 is 0 Å². The van der Waals surface area contributed by atoms with Gasteiger partial charge >= 0.3 is 0 Å². The Kier molecular flexibility index (Phi) is 5.79. The fraction of sp³-hybridized carbons (Fsp3) is 0.964. The molecule has 4 aliphatic carbocycles. The van der Waals surface area contributed by atoms with E-state index in [2.05, 4.69) is 41.5 Å². The van der Waals surface area contributed by atoms with E-state index >= 15 is 0 Å². The summed E-state index contributed by atoms with van der Waals surface area (Å²) in [5, 5.41) is 0. The molecule has 0 aliphatic heterocycles. The average Bonchev–Trinajstić information content (AvgIpc) is 3.01. The van der Waals surface area contributed by atoms with Crippen molar-refractivity contribution in [2.24, 2.45) is 51.8 Å². The fourth-order valence-corrected chi connectivity index (χ4v) is 9.21. The molecule has 8 atom stereocenters. The van der Waals surface area contributed by atoms with Crippen LogP contribution in [0.2, 0.25) is 0 Å². The van der Waals surface area contributed by atoms with Crippen molar-refractivity contribution in [3.63, 3.8) is 0 Å². The van der Waals surface area contributed by atoms with Gasteiger partial charge in [0.15, 0.2) is 0 Å². The van der Waals surface area contributed by atoms with E-state index in [1.165, 1.54) is 64.2 Å². The number of ketones is 1. The summed E-state index contributed by atoms with van der Waals surface area (Å²) in [6.45, 7) is 14.1. The van der Waals surface area contributed by atoms with E-state index in [1.807, 2.05) is 0 Å². The summed E-state index contributed by atoms with van der Waals surface area (Å²) in [4.78, 5) is 12.5. The topological polar surface area (TPSA) is 17.1 Å². The van der Waals surface area contributed by atoms with Gasteiger partial charge in [-0.05, 0) is 104 Å². The number of hydrogen-bond donors (Lipinski definition) is 0. The molecule has 1 heteroatoms. The van der Waals surface area contributed by atoms with Gasteiger partial charge < -0.3 is 0 Å². The van der Waals surface area contributed by atoms with Gasteiger partial charge in [-0.25, -0.2) is 0 Å². The molecule has 4 fully saturated rings. The van der Waals surface area contributed by atoms with E-state index in [0.29, 0.717) is 22.5 Å². The first-order valence-electron chi connectivity index (χ1n) is 13.1. The monoisotopic (exact) mass is 400 g/mol. The van der Waals surface area contributed by atoms with Crippen molar-refractivity contribution in [2.75, 3.05) is 0 Å². The first-order chi connectivity index (χ1) is 13.6. The molecule has 4 saturated carbocycles. The molecule has 166 valence electrons. The van der Waals surface area contributed by atoms with Gasteiger partial charge in [-0.15, -0.1) is 0 Å². The predicted octanol–water partition coefficient (Wildman–Crippen LogP) is 8.07. The lowest BCUT2D eigenvalue weighted by Crippen LogP contribution is -2.53. The number of hydrogen-bond acceptors (Lipinski definition) is 1. The number of carbonyl (C=O) groups is 1. The molecule has 0 aromatic heterocycles. The molecule has 1 unspecified atom stereocenters. The Morgan fingerprint density at radius 2 is 1.62 bits per heavy atom. The Balaban J connectivity index is 1.46. The molecule has 1 nitrogen and oxygen atoms in total. The van der Waals surface area contributed by atoms with Crippen molar-refractivity contribution in [1.82, 2.24) is 0 Å². The van der Waals surface area contributed by atoms with Gasteiger partial charge in [0.05, 0.1) is 0 Å². The quantitative estimate of drug-likeness (QED) is 0.466. The van der Waals surface area contributed by atoms with Gasteiger partial charge in [0.1, 0.15) is 5.78 Å². The predicted molar refractivity (Wildman–Crippen MR) is 123 cm³/mol. The average molecular weight is 401 g/mol. The number of Topliss-reactive ketones (excluding diaryl/α,β-unsaturated/α-hetero) is 1. The number of carbonyl (C=O) groups excluding carboxylic acids is 1. The molecule has 29 heavy (non-hydrogen) atoms. The third kappa shape index (κ3) is 3.65. The molecule has 0 saturated heterocycles. The third-order valence-electron chi connectivity index (χ3n) is 11.0. The Labute approximate surface area is 181 Å². The summed E-state index contributed by atoms with van der Waals surface area (Å²) in [6.07, 6.45) is 16.8. The highest BCUT2D eigenvalue weighted by molar-refractivity contribution is 5.83. The van der Waals surface area contributed by atoms with E-state index in [0.717, 1.165) is 42.4 Å². The van der Waals surface area contributed by atoms with E-state index in [4.69, 9.17) is 0 Å². The van der Waals surface area contributed by atoms with Crippen LogP contribution in [-0.2, 0) is 4.79 Å². The summed E-state index contributed by atoms with van der Waals surface area (Å²) in [5.74, 6) is 6.01. The zero-order valence-electron chi connectivity index (χ0n) is 20.4. The molecular weight excluding hydrogens is 352 g/mol. The van der Waals surface area contributed by atoms with Crippen molar-refractivity contribution in [1.29, 1.82) is 0 Å². The molecule has 0 amide bonds. The Bertz CT molecular complexity index is 614. The summed E-state index contributed by atoms with van der Waals surface area (Å²) in [6, 6.07) is 0. The van der Waals surface area contributed by atoms with Crippen molar-refractivity contribution in [3.8, 4) is 0 Å². The second kappa shape index (κ2) is 7.67. The third-order valence-corrected chi connectivity index (χ3v) is 11.0. The van der Waals surface area contributed by atoms with Gasteiger partial charge in [0.25, 0.3) is 0 Å². The second-order valence-electron chi connectivity index (χ2n) is 13.3. The van der Waals surface area contributed by atoms with Gasteiger partial charge in [0, 0.05) is 11.8 Å². The van der Waals surface area contributed by atoms with Crippen LogP contribution in [0.1, 0.15) is 119 Å². The first kappa shape index (κ1) is 21.9. The van der Waals surface area contributed by atoms with Crippen molar-refractivity contribution in [3.05, 3.63) is 0 Å². The van der Waals surface area contributed by atoms with Crippen LogP contribution in [0.25, 0.3) is 0 Å². The Hall–Kier alpha value is -0.330. The molecule has 4 rings (SSSR count). The molecule has 4 aliphatic rings. The maximum absolute atomic E-state index is 12.5. The van der Waals surface area contributed by atoms with E-state index in [9.17, 15) is 4.79 Å². The highest BCUT2D eigenvalue weighted by Gasteiger charge is 2.60. The zero-order valence-corrected chi connectivity index (χ0v) is 20.4. The molecule has 0 heterocycles. The summed E-state index contributed by atoms with van der Waals surface area (Å²) < 4.78 is 0. The summed E-state index contributed by atoms with van der Waals surface area (Å²) in [5.41, 5.74) is 1.03. The van der Waals surface area contributed by atoms with Crippen LogP contribution in [-0.4, -0.2) is 5.78 Å². The Morgan fingerprint density at radius 1 is 0.897 bits per heavy atom. The highest BCUT2D eigenvalue weighted by atomic mass is 16.1. The normalized spacial score (nSPS) is 45.8. The fourth-order valence-electron chi connectivity index (χ4n) is 9.21. The number of rotatable bonds is 4. The lowest BCUT2D eigenvalue weighted by molar-refractivity contribution is -0.127. The van der Waals surface area contributed by atoms with Crippen LogP contribution >= 0.6 is 0 Å². The SMILES string of the molecule is C[C@H](CCC(=O)C(C)(C)C)[C@H]1CC[C@H]2[C@@H]3CCC4CCCC[C@]4(C)[C@H]3CC[C@]12C. The maximum Gasteiger partial charge on any atom is 0.138 e. The Morgan fingerprint density at radius 3 is 2.34 bits per heavy atom. The molecule has 0 radical (unpaired) electrons. The molecule has 0 bridgehead atoms. The summed E-state index contributed by atoms with van der Waals surface area (Å²) >= 11 is 0. The zero-order chi connectivity index (χ0) is 21.0. The van der Waals surface area contributed by atoms with Crippen LogP contribution < -0.4 is 0 Å². The molecule has 0 aromatic rings. The summed E-state index contributed by atoms with van der Waals surface area (Å²) in [7, 11) is 0. The van der Waals surface area contributed by atoms with Gasteiger partial charge in [0.2, 0.25) is 0 Å². The first-order valence-corrected chi connectivity index (χ1v) is 13.1. The van der Waals surface area contributed by atoms with Crippen LogP contribution in [0.4, 0.5) is 0 Å². The minimum atomic E-state index is -0.173. The van der Waals surface area contributed by atoms with Crippen molar-refractivity contribution < 1.29 is 4.79 Å². The van der Waals surface area contributed by atoms with Crippen molar-refractivity contribution >= 4 is 5.78 Å². The van der Waals surface area contributed by atoms with E-state index in [1.54, 1.807) is 0 Å². The van der Waals surface area contributed by atoms with Gasteiger partial charge in [-0.3, -0.25) is 4.79 Å². The van der Waals surface area contributed by atoms with Gasteiger partial charge in [-0.2, -0.15) is 0 Å². The van der Waals surface area contributed by atoms with Gasteiger partial charge in [-0.1, -0.05) is 54.4 Å². The second-order valence-corrected chi connectivity index (χ2v) is 13.3. The van der Waals surface area contributed by atoms with Crippen LogP contribution in [0.5, 0.6) is 0 Å². The largest absolute Gasteiger partial charge is 0.299 e. The smallest absolute Gasteiger partial charge is 0.138 e. The maximum atomic E-state index is 12.5. The molecule has 0 aromatic carbocycles. The van der Waals surface area contributed by atoms with Crippen LogP contribution in [0, 0.1) is 51.8 Å². The molecular formula is C28H48O. The molecule has 0 N–H and O–H groups in total. The highest BCUT2D eigenvalue weighted by Crippen LogP contribution is 2.68. The standard InChI is InChI=1S/C28H48O/c1-19(10-15-25(29)26(2,3)4)22-13-14-23-21-12-11-20-9-7-8-17-27(20,5)24(21)16-18-28(22,23)6/h19-24H,7-18H2,1-6H3/t19-,20?,21+,22-,23+,24+,27+,28-/m1/s1. The van der Waals surface area contributed by atoms with E-state index in [-0.39, 0.29) is 5.41 Å². The van der Waals surface area contributed by atoms with Crippen molar-refractivity contribution in [2.45, 2.75) is 119 Å². The molecule has 0 spiro atoms.